The number of hydrogen-bond acceptors (Lipinski definition) is 1. The summed E-state index contributed by atoms with van der Waals surface area (Å²) in [6, 6.07) is 12.6. The predicted octanol–water partition coefficient (Wildman–Crippen LogP) is 3.83. The summed E-state index contributed by atoms with van der Waals surface area (Å²) in [4.78, 5) is 0. The van der Waals surface area contributed by atoms with Crippen LogP contribution in [-0.2, 0) is 12.7 Å². The van der Waals surface area contributed by atoms with Gasteiger partial charge >= 0.3 is 6.18 Å². The van der Waals surface area contributed by atoms with Gasteiger partial charge in [-0.05, 0) is 22.8 Å². The fraction of sp³-hybridized carbons (Fsp3) is 0.143. The van der Waals surface area contributed by atoms with Crippen LogP contribution in [0.5, 0.6) is 0 Å². The van der Waals surface area contributed by atoms with Crippen molar-refractivity contribution in [2.45, 2.75) is 12.7 Å². The van der Waals surface area contributed by atoms with Gasteiger partial charge in [0, 0.05) is 6.54 Å². The molecule has 0 saturated carbocycles. The molecule has 18 heavy (non-hydrogen) atoms. The van der Waals surface area contributed by atoms with Crippen LogP contribution in [0.25, 0.3) is 11.1 Å². The molecular weight excluding hydrogens is 239 g/mol. The molecule has 0 aliphatic heterocycles. The Labute approximate surface area is 103 Å². The Hall–Kier alpha value is -1.81. The molecule has 0 aromatic heterocycles. The van der Waals surface area contributed by atoms with E-state index in [1.54, 1.807) is 36.4 Å². The summed E-state index contributed by atoms with van der Waals surface area (Å²) in [5, 5.41) is 0. The molecule has 1 nitrogen and oxygen atoms in total. The topological polar surface area (TPSA) is 26.0 Å². The molecule has 0 bridgehead atoms. The molecular formula is C14H12F3N. The van der Waals surface area contributed by atoms with Crippen molar-refractivity contribution in [3.05, 3.63) is 59.7 Å². The van der Waals surface area contributed by atoms with Crippen LogP contribution in [-0.4, -0.2) is 0 Å². The van der Waals surface area contributed by atoms with Crippen LogP contribution in [0.4, 0.5) is 13.2 Å². The van der Waals surface area contributed by atoms with Crippen molar-refractivity contribution in [1.82, 2.24) is 0 Å². The summed E-state index contributed by atoms with van der Waals surface area (Å²) < 4.78 is 39.0. The van der Waals surface area contributed by atoms with Gasteiger partial charge in [-0.25, -0.2) is 0 Å². The van der Waals surface area contributed by atoms with Crippen molar-refractivity contribution in [2.24, 2.45) is 5.73 Å². The van der Waals surface area contributed by atoms with Crippen LogP contribution < -0.4 is 5.73 Å². The van der Waals surface area contributed by atoms with Gasteiger partial charge in [0.1, 0.15) is 0 Å². The zero-order valence-electron chi connectivity index (χ0n) is 9.54. The lowest BCUT2D eigenvalue weighted by Gasteiger charge is -2.16. The molecule has 2 aromatic rings. The maximum atomic E-state index is 13.0. The SMILES string of the molecule is NCc1cccc(C(F)(F)F)c1-c1ccccc1. The minimum atomic E-state index is -4.38. The molecule has 2 rings (SSSR count). The van der Waals surface area contributed by atoms with E-state index in [0.717, 1.165) is 6.07 Å². The molecule has 0 spiro atoms. The van der Waals surface area contributed by atoms with Gasteiger partial charge in [0.25, 0.3) is 0 Å². The lowest BCUT2D eigenvalue weighted by molar-refractivity contribution is -0.137. The Morgan fingerprint density at radius 2 is 1.56 bits per heavy atom. The van der Waals surface area contributed by atoms with Gasteiger partial charge in [0.15, 0.2) is 0 Å². The molecule has 4 heteroatoms. The predicted molar refractivity (Wildman–Crippen MR) is 64.8 cm³/mol. The Balaban J connectivity index is 2.70. The highest BCUT2D eigenvalue weighted by Gasteiger charge is 2.34. The Kier molecular flexibility index (Phi) is 3.39. The van der Waals surface area contributed by atoms with Crippen LogP contribution in [0, 0.1) is 0 Å². The first-order valence-electron chi connectivity index (χ1n) is 5.48. The van der Waals surface area contributed by atoms with E-state index in [1.807, 2.05) is 0 Å². The molecule has 0 heterocycles. The number of halogens is 3. The molecule has 0 atom stereocenters. The van der Waals surface area contributed by atoms with Crippen LogP contribution in [0.15, 0.2) is 48.5 Å². The van der Waals surface area contributed by atoms with Crippen LogP contribution >= 0.6 is 0 Å². The standard InChI is InChI=1S/C14H12F3N/c15-14(16,17)12-8-4-7-11(9-18)13(12)10-5-2-1-3-6-10/h1-8H,9,18H2. The molecule has 94 valence electrons. The van der Waals surface area contributed by atoms with Gasteiger partial charge in [-0.1, -0.05) is 42.5 Å². The molecule has 0 aliphatic carbocycles. The number of rotatable bonds is 2. The lowest BCUT2D eigenvalue weighted by Crippen LogP contribution is -2.10. The Morgan fingerprint density at radius 1 is 0.889 bits per heavy atom. The number of benzene rings is 2. The van der Waals surface area contributed by atoms with E-state index in [0.29, 0.717) is 11.1 Å². The molecule has 2 N–H and O–H groups in total. The van der Waals surface area contributed by atoms with Crippen LogP contribution in [0.3, 0.4) is 0 Å². The van der Waals surface area contributed by atoms with Gasteiger partial charge in [0.05, 0.1) is 5.56 Å². The Bertz CT molecular complexity index is 532. The zero-order valence-corrected chi connectivity index (χ0v) is 9.54. The van der Waals surface area contributed by atoms with Gasteiger partial charge in [-0.2, -0.15) is 13.2 Å². The van der Waals surface area contributed by atoms with Gasteiger partial charge < -0.3 is 5.73 Å². The minimum Gasteiger partial charge on any atom is -0.326 e. The molecule has 0 unspecified atom stereocenters. The molecule has 2 aromatic carbocycles. The molecule has 0 fully saturated rings. The quantitative estimate of drug-likeness (QED) is 0.862. The first-order chi connectivity index (χ1) is 8.54. The highest BCUT2D eigenvalue weighted by atomic mass is 19.4. The number of nitrogens with two attached hydrogens (primary N) is 1. The van der Waals surface area contributed by atoms with Crippen molar-refractivity contribution in [1.29, 1.82) is 0 Å². The van der Waals surface area contributed by atoms with E-state index in [9.17, 15) is 13.2 Å². The summed E-state index contributed by atoms with van der Waals surface area (Å²) in [7, 11) is 0. The van der Waals surface area contributed by atoms with E-state index in [2.05, 4.69) is 0 Å². The van der Waals surface area contributed by atoms with Gasteiger partial charge in [-0.3, -0.25) is 0 Å². The number of alkyl halides is 3. The monoisotopic (exact) mass is 251 g/mol. The van der Waals surface area contributed by atoms with Gasteiger partial charge in [-0.15, -0.1) is 0 Å². The summed E-state index contributed by atoms with van der Waals surface area (Å²) >= 11 is 0. The third kappa shape index (κ3) is 2.38. The first kappa shape index (κ1) is 12.6. The molecule has 0 aliphatic rings. The van der Waals surface area contributed by atoms with E-state index < -0.39 is 11.7 Å². The first-order valence-corrected chi connectivity index (χ1v) is 5.48. The highest BCUT2D eigenvalue weighted by Crippen LogP contribution is 2.38. The van der Waals surface area contributed by atoms with Crippen molar-refractivity contribution < 1.29 is 13.2 Å². The maximum Gasteiger partial charge on any atom is 0.417 e. The third-order valence-electron chi connectivity index (χ3n) is 2.74. The second kappa shape index (κ2) is 4.82. The third-order valence-corrected chi connectivity index (χ3v) is 2.74. The normalized spacial score (nSPS) is 11.6. The van der Waals surface area contributed by atoms with Crippen molar-refractivity contribution in [3.63, 3.8) is 0 Å². The number of hydrogen-bond donors (Lipinski definition) is 1. The van der Waals surface area contributed by atoms with Crippen molar-refractivity contribution in [3.8, 4) is 11.1 Å². The lowest BCUT2D eigenvalue weighted by atomic mass is 9.94. The van der Waals surface area contributed by atoms with Crippen LogP contribution in [0.2, 0.25) is 0 Å². The Morgan fingerprint density at radius 3 is 2.11 bits per heavy atom. The zero-order chi connectivity index (χ0) is 13.2. The fourth-order valence-electron chi connectivity index (χ4n) is 1.95. The largest absolute Gasteiger partial charge is 0.417 e. The molecule has 0 saturated heterocycles. The van der Waals surface area contributed by atoms with Crippen molar-refractivity contribution >= 4 is 0 Å². The smallest absolute Gasteiger partial charge is 0.326 e. The van der Waals surface area contributed by atoms with Gasteiger partial charge in [0.2, 0.25) is 0 Å². The van der Waals surface area contributed by atoms with E-state index in [1.165, 1.54) is 6.07 Å². The van der Waals surface area contributed by atoms with Crippen LogP contribution in [0.1, 0.15) is 11.1 Å². The van der Waals surface area contributed by atoms with E-state index in [4.69, 9.17) is 5.73 Å². The fourth-order valence-corrected chi connectivity index (χ4v) is 1.95. The molecule has 0 amide bonds. The average Bonchev–Trinajstić information content (AvgIpc) is 2.38. The second-order valence-electron chi connectivity index (χ2n) is 3.91. The summed E-state index contributed by atoms with van der Waals surface area (Å²) in [5.41, 5.74) is 6.09. The molecule has 0 radical (unpaired) electrons. The second-order valence-corrected chi connectivity index (χ2v) is 3.91. The summed E-state index contributed by atoms with van der Waals surface area (Å²) in [6.07, 6.45) is -4.38. The average molecular weight is 251 g/mol. The van der Waals surface area contributed by atoms with E-state index in [-0.39, 0.29) is 12.1 Å². The highest BCUT2D eigenvalue weighted by molar-refractivity contribution is 5.71. The van der Waals surface area contributed by atoms with Crippen molar-refractivity contribution in [2.75, 3.05) is 0 Å². The van der Waals surface area contributed by atoms with E-state index >= 15 is 0 Å². The maximum absolute atomic E-state index is 13.0. The summed E-state index contributed by atoms with van der Waals surface area (Å²) in [5.74, 6) is 0. The minimum absolute atomic E-state index is 0.0775. The summed E-state index contributed by atoms with van der Waals surface area (Å²) in [6.45, 7) is 0.0775.